The van der Waals surface area contributed by atoms with Crippen LogP contribution in [0.5, 0.6) is 0 Å². The first kappa shape index (κ1) is 14.8. The van der Waals surface area contributed by atoms with Gasteiger partial charge in [-0.15, -0.1) is 0 Å². The number of rotatable bonds is 3. The maximum absolute atomic E-state index is 13.3. The molecule has 0 saturated carbocycles. The van der Waals surface area contributed by atoms with Crippen LogP contribution in [0.3, 0.4) is 0 Å². The van der Waals surface area contributed by atoms with E-state index >= 15 is 0 Å². The summed E-state index contributed by atoms with van der Waals surface area (Å²) in [5, 5.41) is -0.0109. The van der Waals surface area contributed by atoms with Crippen molar-refractivity contribution in [3.63, 3.8) is 0 Å². The van der Waals surface area contributed by atoms with E-state index in [0.29, 0.717) is 12.3 Å². The summed E-state index contributed by atoms with van der Waals surface area (Å²) in [6, 6.07) is 1.80. The SMILES string of the molecule is CC(=O)SCC1CC(=O)N(c2cc(F)c(F)cc2N)C1. The van der Waals surface area contributed by atoms with Crippen LogP contribution < -0.4 is 10.6 Å². The van der Waals surface area contributed by atoms with E-state index < -0.39 is 11.6 Å². The van der Waals surface area contributed by atoms with Crippen LogP contribution in [-0.4, -0.2) is 23.3 Å². The normalized spacial score (nSPS) is 18.6. The van der Waals surface area contributed by atoms with E-state index in [9.17, 15) is 18.4 Å². The Morgan fingerprint density at radius 2 is 2.10 bits per heavy atom. The minimum absolute atomic E-state index is 0.00362. The number of nitrogens with zero attached hydrogens (tertiary/aromatic N) is 1. The van der Waals surface area contributed by atoms with Crippen LogP contribution in [0.15, 0.2) is 12.1 Å². The van der Waals surface area contributed by atoms with E-state index in [0.717, 1.165) is 23.9 Å². The minimum Gasteiger partial charge on any atom is -0.397 e. The van der Waals surface area contributed by atoms with Crippen molar-refractivity contribution in [1.29, 1.82) is 0 Å². The molecular formula is C13H14F2N2O2S. The molecule has 1 fully saturated rings. The van der Waals surface area contributed by atoms with Gasteiger partial charge in [-0.1, -0.05) is 11.8 Å². The first-order chi connectivity index (χ1) is 9.38. The van der Waals surface area contributed by atoms with Crippen molar-refractivity contribution in [3.05, 3.63) is 23.8 Å². The molecule has 1 aromatic carbocycles. The molecule has 1 amide bonds. The van der Waals surface area contributed by atoms with Crippen LogP contribution >= 0.6 is 11.8 Å². The summed E-state index contributed by atoms with van der Waals surface area (Å²) in [7, 11) is 0. The molecule has 1 unspecified atom stereocenters. The zero-order valence-electron chi connectivity index (χ0n) is 10.9. The molecule has 0 aromatic heterocycles. The van der Waals surface area contributed by atoms with Crippen molar-refractivity contribution in [2.24, 2.45) is 5.92 Å². The lowest BCUT2D eigenvalue weighted by Gasteiger charge is -2.19. The Morgan fingerprint density at radius 1 is 1.45 bits per heavy atom. The molecule has 4 nitrogen and oxygen atoms in total. The predicted molar refractivity (Wildman–Crippen MR) is 74.4 cm³/mol. The number of nitrogens with two attached hydrogens (primary N) is 1. The lowest BCUT2D eigenvalue weighted by molar-refractivity contribution is -0.117. The molecule has 1 atom stereocenters. The molecule has 0 radical (unpaired) electrons. The second-order valence-corrected chi connectivity index (χ2v) is 5.90. The van der Waals surface area contributed by atoms with Crippen molar-refractivity contribution in [3.8, 4) is 0 Å². The van der Waals surface area contributed by atoms with Gasteiger partial charge in [0, 0.05) is 37.8 Å². The number of anilines is 2. The van der Waals surface area contributed by atoms with Crippen LogP contribution in [-0.2, 0) is 9.59 Å². The van der Waals surface area contributed by atoms with Gasteiger partial charge >= 0.3 is 0 Å². The zero-order chi connectivity index (χ0) is 14.9. The monoisotopic (exact) mass is 300 g/mol. The van der Waals surface area contributed by atoms with Crippen LogP contribution in [0, 0.1) is 17.6 Å². The summed E-state index contributed by atoms with van der Waals surface area (Å²) < 4.78 is 26.3. The number of benzene rings is 1. The molecule has 7 heteroatoms. The fourth-order valence-corrected chi connectivity index (χ4v) is 2.84. The number of hydrogen-bond donors (Lipinski definition) is 1. The fraction of sp³-hybridized carbons (Fsp3) is 0.385. The van der Waals surface area contributed by atoms with Gasteiger partial charge in [-0.2, -0.15) is 0 Å². The lowest BCUT2D eigenvalue weighted by atomic mass is 10.1. The Kier molecular flexibility index (Phi) is 4.27. The van der Waals surface area contributed by atoms with Gasteiger partial charge < -0.3 is 10.6 Å². The first-order valence-electron chi connectivity index (χ1n) is 6.06. The van der Waals surface area contributed by atoms with E-state index in [1.54, 1.807) is 0 Å². The molecule has 0 spiro atoms. The van der Waals surface area contributed by atoms with Crippen LogP contribution in [0.4, 0.5) is 20.2 Å². The van der Waals surface area contributed by atoms with Crippen molar-refractivity contribution in [1.82, 2.24) is 0 Å². The molecule has 108 valence electrons. The third kappa shape index (κ3) is 3.09. The number of hydrogen-bond acceptors (Lipinski definition) is 4. The largest absolute Gasteiger partial charge is 0.397 e. The summed E-state index contributed by atoms with van der Waals surface area (Å²) >= 11 is 1.15. The highest BCUT2D eigenvalue weighted by atomic mass is 32.2. The highest BCUT2D eigenvalue weighted by molar-refractivity contribution is 8.13. The molecular weight excluding hydrogens is 286 g/mol. The summed E-state index contributed by atoms with van der Waals surface area (Å²) in [4.78, 5) is 24.2. The van der Waals surface area contributed by atoms with Crippen molar-refractivity contribution < 1.29 is 18.4 Å². The van der Waals surface area contributed by atoms with E-state index in [2.05, 4.69) is 0 Å². The average Bonchev–Trinajstić information content (AvgIpc) is 2.72. The minimum atomic E-state index is -1.04. The van der Waals surface area contributed by atoms with Crippen LogP contribution in [0.25, 0.3) is 0 Å². The van der Waals surface area contributed by atoms with Gasteiger partial charge in [0.1, 0.15) is 0 Å². The molecule has 0 bridgehead atoms. The quantitative estimate of drug-likeness (QED) is 0.869. The second kappa shape index (κ2) is 5.78. The molecule has 20 heavy (non-hydrogen) atoms. The molecule has 2 rings (SSSR count). The molecule has 1 aliphatic heterocycles. The number of carbonyl (C=O) groups is 2. The van der Waals surface area contributed by atoms with E-state index in [1.165, 1.54) is 11.8 Å². The zero-order valence-corrected chi connectivity index (χ0v) is 11.7. The number of nitrogen functional groups attached to an aromatic ring is 1. The van der Waals surface area contributed by atoms with Gasteiger partial charge in [0.05, 0.1) is 11.4 Å². The van der Waals surface area contributed by atoms with Gasteiger partial charge in [-0.3, -0.25) is 9.59 Å². The molecule has 1 heterocycles. The maximum Gasteiger partial charge on any atom is 0.227 e. The van der Waals surface area contributed by atoms with E-state index in [-0.39, 0.29) is 34.7 Å². The van der Waals surface area contributed by atoms with E-state index in [4.69, 9.17) is 5.73 Å². The summed E-state index contributed by atoms with van der Waals surface area (Å²) in [5.74, 6) is -1.74. The van der Waals surface area contributed by atoms with Gasteiger partial charge in [-0.05, 0) is 5.92 Å². The highest BCUT2D eigenvalue weighted by Gasteiger charge is 2.32. The van der Waals surface area contributed by atoms with Gasteiger partial charge in [0.25, 0.3) is 0 Å². The third-order valence-electron chi connectivity index (χ3n) is 3.09. The highest BCUT2D eigenvalue weighted by Crippen LogP contribution is 2.32. The van der Waals surface area contributed by atoms with Crippen molar-refractivity contribution in [2.45, 2.75) is 13.3 Å². The van der Waals surface area contributed by atoms with Gasteiger partial charge in [0.2, 0.25) is 5.91 Å². The second-order valence-electron chi connectivity index (χ2n) is 4.70. The molecule has 0 aliphatic carbocycles. The number of carbonyl (C=O) groups excluding carboxylic acids is 2. The molecule has 1 aliphatic rings. The average molecular weight is 300 g/mol. The summed E-state index contributed by atoms with van der Waals surface area (Å²) in [6.07, 6.45) is 0.277. The number of halogens is 2. The Bertz CT molecular complexity index is 566. The first-order valence-corrected chi connectivity index (χ1v) is 7.05. The van der Waals surface area contributed by atoms with Crippen LogP contribution in [0.2, 0.25) is 0 Å². The maximum atomic E-state index is 13.3. The molecule has 2 N–H and O–H groups in total. The van der Waals surface area contributed by atoms with Crippen molar-refractivity contribution >= 4 is 34.2 Å². The summed E-state index contributed by atoms with van der Waals surface area (Å²) in [5.41, 5.74) is 5.85. The van der Waals surface area contributed by atoms with Crippen LogP contribution in [0.1, 0.15) is 13.3 Å². The Hall–Kier alpha value is -1.63. The number of thioether (sulfide) groups is 1. The standard InChI is InChI=1S/C13H14F2N2O2S/c1-7(18)20-6-8-2-13(19)17(5-8)12-4-10(15)9(14)3-11(12)16/h3-4,8H,2,5-6,16H2,1H3. The predicted octanol–water partition coefficient (Wildman–Crippen LogP) is 2.18. The lowest BCUT2D eigenvalue weighted by Crippen LogP contribution is -2.26. The van der Waals surface area contributed by atoms with Crippen molar-refractivity contribution in [2.75, 3.05) is 22.9 Å². The van der Waals surface area contributed by atoms with Gasteiger partial charge in [-0.25, -0.2) is 8.78 Å². The fourth-order valence-electron chi connectivity index (χ4n) is 2.15. The van der Waals surface area contributed by atoms with Gasteiger partial charge in [0.15, 0.2) is 16.7 Å². The van der Waals surface area contributed by atoms with E-state index in [1.807, 2.05) is 0 Å². The molecule has 1 aromatic rings. The number of amides is 1. The Labute approximate surface area is 119 Å². The summed E-state index contributed by atoms with van der Waals surface area (Å²) in [6.45, 7) is 1.82. The Morgan fingerprint density at radius 3 is 2.75 bits per heavy atom. The third-order valence-corrected chi connectivity index (χ3v) is 4.13. The smallest absolute Gasteiger partial charge is 0.227 e. The molecule has 1 saturated heterocycles. The topological polar surface area (TPSA) is 63.4 Å². The Balaban J connectivity index is 2.16.